The summed E-state index contributed by atoms with van der Waals surface area (Å²) < 4.78 is 26.7. The van der Waals surface area contributed by atoms with E-state index in [0.717, 1.165) is 6.42 Å². The standard InChI is InChI=1S/C14H20N2O3S/c1-10-7-11(2)9-16(8-10)20(18,19)13-5-3-12(4-6-13)14(15)17/h3-6,10-11H,7-9H2,1-2H3,(H2,15,17)/t10-,11-/m1/s1. The Morgan fingerprint density at radius 2 is 1.65 bits per heavy atom. The molecule has 1 saturated heterocycles. The molecule has 6 heteroatoms. The summed E-state index contributed by atoms with van der Waals surface area (Å²) in [5, 5.41) is 0. The fourth-order valence-electron chi connectivity index (χ4n) is 2.74. The second kappa shape index (κ2) is 5.54. The molecule has 110 valence electrons. The van der Waals surface area contributed by atoms with Gasteiger partial charge in [0.15, 0.2) is 0 Å². The smallest absolute Gasteiger partial charge is 0.248 e. The number of primary amides is 1. The van der Waals surface area contributed by atoms with E-state index in [1.807, 2.05) is 0 Å². The van der Waals surface area contributed by atoms with Crippen LogP contribution in [0.1, 0.15) is 30.6 Å². The molecular formula is C14H20N2O3S. The third-order valence-electron chi connectivity index (χ3n) is 3.61. The molecule has 2 N–H and O–H groups in total. The maximum atomic E-state index is 12.6. The number of amides is 1. The van der Waals surface area contributed by atoms with Gasteiger partial charge in [-0.25, -0.2) is 8.42 Å². The van der Waals surface area contributed by atoms with E-state index in [-0.39, 0.29) is 4.90 Å². The van der Waals surface area contributed by atoms with E-state index in [0.29, 0.717) is 30.5 Å². The zero-order valence-corrected chi connectivity index (χ0v) is 12.6. The Morgan fingerprint density at radius 1 is 1.15 bits per heavy atom. The highest BCUT2D eigenvalue weighted by Gasteiger charge is 2.31. The van der Waals surface area contributed by atoms with Crippen LogP contribution in [0.3, 0.4) is 0 Å². The van der Waals surface area contributed by atoms with Crippen LogP contribution in [0.4, 0.5) is 0 Å². The molecular weight excluding hydrogens is 276 g/mol. The van der Waals surface area contributed by atoms with Crippen molar-refractivity contribution in [3.05, 3.63) is 29.8 Å². The molecule has 20 heavy (non-hydrogen) atoms. The summed E-state index contributed by atoms with van der Waals surface area (Å²) in [7, 11) is -3.49. The molecule has 0 radical (unpaired) electrons. The number of nitrogens with zero attached hydrogens (tertiary/aromatic N) is 1. The van der Waals surface area contributed by atoms with Crippen molar-refractivity contribution in [1.82, 2.24) is 4.31 Å². The summed E-state index contributed by atoms with van der Waals surface area (Å²) in [6.07, 6.45) is 1.05. The Hall–Kier alpha value is -1.40. The number of carbonyl (C=O) groups excluding carboxylic acids is 1. The minimum Gasteiger partial charge on any atom is -0.366 e. The second-order valence-corrected chi connectivity index (χ2v) is 7.59. The number of carbonyl (C=O) groups is 1. The lowest BCUT2D eigenvalue weighted by molar-refractivity contribution is 0.1000. The maximum absolute atomic E-state index is 12.6. The summed E-state index contributed by atoms with van der Waals surface area (Å²) in [5.74, 6) is 0.158. The van der Waals surface area contributed by atoms with Gasteiger partial charge in [0, 0.05) is 18.7 Å². The predicted octanol–water partition coefficient (Wildman–Crippen LogP) is 1.45. The van der Waals surface area contributed by atoms with Crippen LogP contribution in [0.5, 0.6) is 0 Å². The Morgan fingerprint density at radius 3 is 2.10 bits per heavy atom. The van der Waals surface area contributed by atoms with E-state index < -0.39 is 15.9 Å². The summed E-state index contributed by atoms with van der Waals surface area (Å²) in [6, 6.07) is 5.79. The number of nitrogens with two attached hydrogens (primary N) is 1. The van der Waals surface area contributed by atoms with Crippen molar-refractivity contribution < 1.29 is 13.2 Å². The van der Waals surface area contributed by atoms with E-state index in [4.69, 9.17) is 5.73 Å². The second-order valence-electron chi connectivity index (χ2n) is 5.66. The summed E-state index contributed by atoms with van der Waals surface area (Å²) in [5.41, 5.74) is 5.46. The van der Waals surface area contributed by atoms with Crippen LogP contribution in [0.2, 0.25) is 0 Å². The summed E-state index contributed by atoms with van der Waals surface area (Å²) in [6.45, 7) is 5.22. The SMILES string of the molecule is C[C@@H]1C[C@@H](C)CN(S(=O)(=O)c2ccc(C(N)=O)cc2)C1. The molecule has 0 aliphatic carbocycles. The zero-order valence-electron chi connectivity index (χ0n) is 11.7. The molecule has 1 aliphatic rings. The first-order chi connectivity index (χ1) is 9.30. The van der Waals surface area contributed by atoms with Crippen molar-refractivity contribution in [3.8, 4) is 0 Å². The van der Waals surface area contributed by atoms with Crippen LogP contribution in [0, 0.1) is 11.8 Å². The molecule has 0 unspecified atom stereocenters. The lowest BCUT2D eigenvalue weighted by Crippen LogP contribution is -2.42. The molecule has 0 bridgehead atoms. The van der Waals surface area contributed by atoms with Crippen molar-refractivity contribution in [2.24, 2.45) is 17.6 Å². The highest BCUT2D eigenvalue weighted by atomic mass is 32.2. The fraction of sp³-hybridized carbons (Fsp3) is 0.500. The molecule has 2 rings (SSSR count). The topological polar surface area (TPSA) is 80.5 Å². The Labute approximate surface area is 119 Å². The van der Waals surface area contributed by atoms with Crippen molar-refractivity contribution >= 4 is 15.9 Å². The summed E-state index contributed by atoms with van der Waals surface area (Å²) in [4.78, 5) is 11.2. The van der Waals surface area contributed by atoms with Gasteiger partial charge in [0.25, 0.3) is 0 Å². The van der Waals surface area contributed by atoms with E-state index in [1.165, 1.54) is 28.6 Å². The fourth-order valence-corrected chi connectivity index (χ4v) is 4.42. The number of hydrogen-bond donors (Lipinski definition) is 1. The summed E-state index contributed by atoms with van der Waals surface area (Å²) >= 11 is 0. The van der Waals surface area contributed by atoms with E-state index >= 15 is 0 Å². The Bertz CT molecular complexity index is 585. The first-order valence-electron chi connectivity index (χ1n) is 6.70. The molecule has 1 fully saturated rings. The van der Waals surface area contributed by atoms with Crippen molar-refractivity contribution in [1.29, 1.82) is 0 Å². The lowest BCUT2D eigenvalue weighted by atomic mass is 9.94. The normalized spacial score (nSPS) is 24.5. The first kappa shape index (κ1) is 15.0. The van der Waals surface area contributed by atoms with Gasteiger partial charge in [-0.05, 0) is 42.5 Å². The van der Waals surface area contributed by atoms with Crippen LogP contribution in [0.25, 0.3) is 0 Å². The third-order valence-corrected chi connectivity index (χ3v) is 5.46. The molecule has 1 aromatic rings. The van der Waals surface area contributed by atoms with Crippen LogP contribution >= 0.6 is 0 Å². The van der Waals surface area contributed by atoms with E-state index in [9.17, 15) is 13.2 Å². The highest BCUT2D eigenvalue weighted by Crippen LogP contribution is 2.26. The van der Waals surface area contributed by atoms with Gasteiger partial charge >= 0.3 is 0 Å². The number of piperidine rings is 1. The lowest BCUT2D eigenvalue weighted by Gasteiger charge is -2.34. The van der Waals surface area contributed by atoms with Gasteiger partial charge in [-0.1, -0.05) is 13.8 Å². The number of hydrogen-bond acceptors (Lipinski definition) is 3. The first-order valence-corrected chi connectivity index (χ1v) is 8.14. The average Bonchev–Trinajstić information content (AvgIpc) is 2.37. The Balaban J connectivity index is 2.27. The van der Waals surface area contributed by atoms with Gasteiger partial charge in [0.05, 0.1) is 4.90 Å². The molecule has 1 aliphatic heterocycles. The van der Waals surface area contributed by atoms with E-state index in [2.05, 4.69) is 13.8 Å². The van der Waals surface area contributed by atoms with Gasteiger partial charge in [0.2, 0.25) is 15.9 Å². The van der Waals surface area contributed by atoms with Crippen LogP contribution in [-0.2, 0) is 10.0 Å². The molecule has 5 nitrogen and oxygen atoms in total. The largest absolute Gasteiger partial charge is 0.366 e. The molecule has 0 saturated carbocycles. The van der Waals surface area contributed by atoms with Gasteiger partial charge in [0.1, 0.15) is 0 Å². The Kier molecular flexibility index (Phi) is 4.15. The monoisotopic (exact) mass is 296 g/mol. The van der Waals surface area contributed by atoms with Crippen molar-refractivity contribution in [3.63, 3.8) is 0 Å². The van der Waals surface area contributed by atoms with Gasteiger partial charge in [-0.3, -0.25) is 4.79 Å². The van der Waals surface area contributed by atoms with Crippen molar-refractivity contribution in [2.75, 3.05) is 13.1 Å². The molecule has 1 amide bonds. The van der Waals surface area contributed by atoms with Crippen LogP contribution < -0.4 is 5.73 Å². The highest BCUT2D eigenvalue weighted by molar-refractivity contribution is 7.89. The van der Waals surface area contributed by atoms with Crippen LogP contribution in [-0.4, -0.2) is 31.7 Å². The van der Waals surface area contributed by atoms with Gasteiger partial charge < -0.3 is 5.73 Å². The quantitative estimate of drug-likeness (QED) is 0.916. The molecule has 0 spiro atoms. The molecule has 1 heterocycles. The molecule has 2 atom stereocenters. The number of rotatable bonds is 3. The molecule has 1 aromatic carbocycles. The minimum absolute atomic E-state index is 0.212. The molecule has 0 aromatic heterocycles. The number of sulfonamides is 1. The van der Waals surface area contributed by atoms with Gasteiger partial charge in [-0.2, -0.15) is 4.31 Å². The average molecular weight is 296 g/mol. The maximum Gasteiger partial charge on any atom is 0.248 e. The van der Waals surface area contributed by atoms with Crippen molar-refractivity contribution in [2.45, 2.75) is 25.2 Å². The third kappa shape index (κ3) is 3.02. The zero-order chi connectivity index (χ0) is 14.9. The van der Waals surface area contributed by atoms with Crippen LogP contribution in [0.15, 0.2) is 29.2 Å². The predicted molar refractivity (Wildman–Crippen MR) is 76.7 cm³/mol. The van der Waals surface area contributed by atoms with Gasteiger partial charge in [-0.15, -0.1) is 0 Å². The number of benzene rings is 1. The van der Waals surface area contributed by atoms with E-state index in [1.54, 1.807) is 0 Å². The minimum atomic E-state index is -3.49.